The molecule has 1 atom stereocenters. The molecule has 0 saturated carbocycles. The minimum absolute atomic E-state index is 0.212. The molecule has 3 heteroatoms. The molecule has 1 aromatic heterocycles. The van der Waals surface area contributed by atoms with Crippen molar-refractivity contribution in [3.05, 3.63) is 24.2 Å². The molecule has 2 nitrogen and oxygen atoms in total. The van der Waals surface area contributed by atoms with Crippen LogP contribution in [0.25, 0.3) is 0 Å². The van der Waals surface area contributed by atoms with Gasteiger partial charge in [0.25, 0.3) is 0 Å². The van der Waals surface area contributed by atoms with Crippen LogP contribution in [0.3, 0.4) is 0 Å². The van der Waals surface area contributed by atoms with Gasteiger partial charge in [-0.1, -0.05) is 20.8 Å². The van der Waals surface area contributed by atoms with Crippen LogP contribution in [-0.2, 0) is 6.42 Å². The van der Waals surface area contributed by atoms with E-state index in [1.54, 1.807) is 18.0 Å². The molecule has 1 N–H and O–H groups in total. The topological polar surface area (TPSA) is 33.4 Å². The van der Waals surface area contributed by atoms with Gasteiger partial charge in [-0.05, 0) is 12.1 Å². The van der Waals surface area contributed by atoms with Crippen LogP contribution in [0.4, 0.5) is 0 Å². The number of furan rings is 1. The van der Waals surface area contributed by atoms with E-state index in [1.807, 2.05) is 12.1 Å². The smallest absolute Gasteiger partial charge is 0.106 e. The quantitative estimate of drug-likeness (QED) is 0.836. The third-order valence-electron chi connectivity index (χ3n) is 1.73. The normalized spacial score (nSPS) is 14.3. The van der Waals surface area contributed by atoms with E-state index in [-0.39, 0.29) is 10.9 Å². The minimum atomic E-state index is -0.314. The first-order valence-corrected chi connectivity index (χ1v) is 5.80. The van der Waals surface area contributed by atoms with Crippen LogP contribution in [0.2, 0.25) is 0 Å². The Kier molecular flexibility index (Phi) is 4.08. The van der Waals surface area contributed by atoms with Gasteiger partial charge in [0.1, 0.15) is 5.76 Å². The summed E-state index contributed by atoms with van der Waals surface area (Å²) in [6.45, 7) is 6.45. The first kappa shape index (κ1) is 11.7. The van der Waals surface area contributed by atoms with Crippen molar-refractivity contribution in [3.8, 4) is 0 Å². The maximum Gasteiger partial charge on any atom is 0.106 e. The molecule has 1 rings (SSSR count). The summed E-state index contributed by atoms with van der Waals surface area (Å²) in [5.74, 6) is 1.61. The molecule has 0 aliphatic heterocycles. The lowest BCUT2D eigenvalue weighted by molar-refractivity contribution is 0.191. The van der Waals surface area contributed by atoms with E-state index in [4.69, 9.17) is 4.42 Å². The van der Waals surface area contributed by atoms with Crippen LogP contribution in [-0.4, -0.2) is 21.7 Å². The van der Waals surface area contributed by atoms with E-state index in [2.05, 4.69) is 20.8 Å². The molecule has 0 bridgehead atoms. The molecule has 0 aromatic carbocycles. The minimum Gasteiger partial charge on any atom is -0.469 e. The first-order valence-electron chi connectivity index (χ1n) is 4.82. The van der Waals surface area contributed by atoms with Crippen molar-refractivity contribution < 1.29 is 9.52 Å². The zero-order valence-corrected chi connectivity index (χ0v) is 9.80. The Balaban J connectivity index is 2.26. The summed E-state index contributed by atoms with van der Waals surface area (Å²) >= 11 is 1.77. The summed E-state index contributed by atoms with van der Waals surface area (Å²) in [4.78, 5) is 0. The standard InChI is InChI=1S/C11H18O2S/c1-11(2,3)14-8-9(12)7-10-5-4-6-13-10/h4-6,9,12H,7-8H2,1-3H3. The largest absolute Gasteiger partial charge is 0.469 e. The monoisotopic (exact) mass is 214 g/mol. The van der Waals surface area contributed by atoms with E-state index >= 15 is 0 Å². The average molecular weight is 214 g/mol. The Morgan fingerprint density at radius 1 is 1.50 bits per heavy atom. The summed E-state index contributed by atoms with van der Waals surface area (Å²) in [6, 6.07) is 3.74. The van der Waals surface area contributed by atoms with Crippen LogP contribution in [0.1, 0.15) is 26.5 Å². The predicted octanol–water partition coefficient (Wildman–Crippen LogP) is 2.71. The number of aliphatic hydroxyl groups excluding tert-OH is 1. The Bertz CT molecular complexity index is 249. The molecule has 0 aliphatic rings. The van der Waals surface area contributed by atoms with Crippen molar-refractivity contribution in [1.29, 1.82) is 0 Å². The molecule has 0 fully saturated rings. The third-order valence-corrected chi connectivity index (χ3v) is 3.14. The van der Waals surface area contributed by atoms with Gasteiger partial charge in [-0.2, -0.15) is 11.8 Å². The van der Waals surface area contributed by atoms with Crippen molar-refractivity contribution in [1.82, 2.24) is 0 Å². The fourth-order valence-electron chi connectivity index (χ4n) is 1.07. The second kappa shape index (κ2) is 4.89. The highest BCUT2D eigenvalue weighted by Crippen LogP contribution is 2.24. The van der Waals surface area contributed by atoms with Crippen LogP contribution in [0.15, 0.2) is 22.8 Å². The molecule has 0 amide bonds. The highest BCUT2D eigenvalue weighted by molar-refractivity contribution is 8.00. The van der Waals surface area contributed by atoms with E-state index in [0.29, 0.717) is 6.42 Å². The Morgan fingerprint density at radius 2 is 2.21 bits per heavy atom. The summed E-state index contributed by atoms with van der Waals surface area (Å²) in [6.07, 6.45) is 1.93. The van der Waals surface area contributed by atoms with Gasteiger partial charge < -0.3 is 9.52 Å². The van der Waals surface area contributed by atoms with Crippen LogP contribution >= 0.6 is 11.8 Å². The van der Waals surface area contributed by atoms with Crippen molar-refractivity contribution in [2.75, 3.05) is 5.75 Å². The van der Waals surface area contributed by atoms with E-state index in [1.165, 1.54) is 0 Å². The Morgan fingerprint density at radius 3 is 2.71 bits per heavy atom. The van der Waals surface area contributed by atoms with Crippen molar-refractivity contribution in [2.45, 2.75) is 38.0 Å². The number of hydrogen-bond acceptors (Lipinski definition) is 3. The highest BCUT2D eigenvalue weighted by atomic mass is 32.2. The molecule has 1 heterocycles. The molecule has 0 saturated heterocycles. The summed E-state index contributed by atoms with van der Waals surface area (Å²) in [7, 11) is 0. The summed E-state index contributed by atoms with van der Waals surface area (Å²) < 4.78 is 5.38. The molecule has 1 unspecified atom stereocenters. The molecule has 1 aromatic rings. The van der Waals surface area contributed by atoms with Gasteiger partial charge in [-0.25, -0.2) is 0 Å². The van der Waals surface area contributed by atoms with E-state index in [0.717, 1.165) is 11.5 Å². The van der Waals surface area contributed by atoms with Crippen molar-refractivity contribution in [3.63, 3.8) is 0 Å². The molecule has 80 valence electrons. The number of thioether (sulfide) groups is 1. The summed E-state index contributed by atoms with van der Waals surface area (Å²) in [5, 5.41) is 9.70. The van der Waals surface area contributed by atoms with Gasteiger partial charge in [0.05, 0.1) is 12.4 Å². The number of rotatable bonds is 4. The molecule has 14 heavy (non-hydrogen) atoms. The number of hydrogen-bond donors (Lipinski definition) is 1. The highest BCUT2D eigenvalue weighted by Gasteiger charge is 2.14. The second-order valence-corrected chi connectivity index (χ2v) is 6.21. The van der Waals surface area contributed by atoms with E-state index in [9.17, 15) is 5.11 Å². The maximum atomic E-state index is 9.70. The SMILES string of the molecule is CC(C)(C)SCC(O)Cc1ccco1. The second-order valence-electron chi connectivity index (χ2n) is 4.36. The van der Waals surface area contributed by atoms with Crippen LogP contribution < -0.4 is 0 Å². The lowest BCUT2D eigenvalue weighted by atomic mass is 10.2. The average Bonchev–Trinajstić information content (AvgIpc) is 2.52. The molecule has 0 spiro atoms. The van der Waals surface area contributed by atoms with Crippen LogP contribution in [0.5, 0.6) is 0 Å². The predicted molar refractivity (Wildman–Crippen MR) is 60.6 cm³/mol. The van der Waals surface area contributed by atoms with Crippen LogP contribution in [0, 0.1) is 0 Å². The zero-order valence-electron chi connectivity index (χ0n) is 8.99. The zero-order chi connectivity index (χ0) is 10.6. The van der Waals surface area contributed by atoms with E-state index < -0.39 is 0 Å². The molecule has 0 aliphatic carbocycles. The fourth-order valence-corrected chi connectivity index (χ4v) is 1.88. The van der Waals surface area contributed by atoms with Gasteiger partial charge in [0, 0.05) is 16.9 Å². The third kappa shape index (κ3) is 4.72. The van der Waals surface area contributed by atoms with Gasteiger partial charge in [-0.3, -0.25) is 0 Å². The Hall–Kier alpha value is -0.410. The molecular formula is C11H18O2S. The van der Waals surface area contributed by atoms with Crippen molar-refractivity contribution >= 4 is 11.8 Å². The lowest BCUT2D eigenvalue weighted by Gasteiger charge is -2.19. The van der Waals surface area contributed by atoms with Gasteiger partial charge in [0.15, 0.2) is 0 Å². The fraction of sp³-hybridized carbons (Fsp3) is 0.636. The first-order chi connectivity index (χ1) is 6.47. The van der Waals surface area contributed by atoms with Crippen molar-refractivity contribution in [2.24, 2.45) is 0 Å². The summed E-state index contributed by atoms with van der Waals surface area (Å²) in [5.41, 5.74) is 0. The maximum absolute atomic E-state index is 9.70. The van der Waals surface area contributed by atoms with Gasteiger partial charge in [-0.15, -0.1) is 0 Å². The molecular weight excluding hydrogens is 196 g/mol. The lowest BCUT2D eigenvalue weighted by Crippen LogP contribution is -2.18. The Labute approximate surface area is 89.7 Å². The van der Waals surface area contributed by atoms with Gasteiger partial charge in [0.2, 0.25) is 0 Å². The van der Waals surface area contributed by atoms with Gasteiger partial charge >= 0.3 is 0 Å². The molecule has 0 radical (unpaired) electrons. The number of aliphatic hydroxyl groups is 1.